The van der Waals surface area contributed by atoms with Crippen LogP contribution in [-0.2, 0) is 28.5 Å². The smallest absolute Gasteiger partial charge is 0.310 e. The third kappa shape index (κ3) is 5.51. The van der Waals surface area contributed by atoms with Crippen LogP contribution < -0.4 is 18.9 Å². The number of hydrogen-bond donors (Lipinski definition) is 2. The van der Waals surface area contributed by atoms with E-state index in [2.05, 4.69) is 12.2 Å². The van der Waals surface area contributed by atoms with Gasteiger partial charge in [0.1, 0.15) is 18.3 Å². The van der Waals surface area contributed by atoms with E-state index in [1.54, 1.807) is 12.1 Å². The van der Waals surface area contributed by atoms with E-state index in [4.69, 9.17) is 42.6 Å². The maximum Gasteiger partial charge on any atom is 0.310 e. The van der Waals surface area contributed by atoms with Crippen LogP contribution in [0.25, 0.3) is 0 Å². The van der Waals surface area contributed by atoms with Crippen LogP contribution in [0.1, 0.15) is 48.0 Å². The van der Waals surface area contributed by atoms with Gasteiger partial charge in [-0.1, -0.05) is 12.2 Å². The van der Waals surface area contributed by atoms with Crippen LogP contribution in [-0.4, -0.2) is 106 Å². The number of methoxy groups -OCH3 is 2. The molecule has 0 saturated carbocycles. The monoisotopic (exact) mass is 681 g/mol. The van der Waals surface area contributed by atoms with Crippen molar-refractivity contribution >= 4 is 5.97 Å². The topological polar surface area (TPSA) is 144 Å². The van der Waals surface area contributed by atoms with E-state index >= 15 is 0 Å². The molecule has 6 aliphatic rings. The highest BCUT2D eigenvalue weighted by Crippen LogP contribution is 2.57. The largest absolute Gasteiger partial charge is 0.502 e. The Morgan fingerprint density at radius 3 is 2.33 bits per heavy atom. The van der Waals surface area contributed by atoms with Gasteiger partial charge in [-0.25, -0.2) is 0 Å². The summed E-state index contributed by atoms with van der Waals surface area (Å²) in [4.78, 5) is 15.5. The number of aliphatic hydroxyl groups excluding tert-OH is 1. The number of likely N-dealkylation sites (N-methyl/N-ethyl adjacent to an activating group) is 1. The first-order valence-electron chi connectivity index (χ1n) is 16.9. The first-order valence-corrected chi connectivity index (χ1v) is 16.9. The van der Waals surface area contributed by atoms with E-state index in [1.807, 2.05) is 31.1 Å². The zero-order chi connectivity index (χ0) is 34.0. The SMILES string of the molecule is COc1cc([C@@H]2c3cc4c(cc3[C@@H](O[C@@H]3O[C@@H]5COC(C6CC=CCC6)O[C@H]5[C@H](O)[C@H]3N(C)C)[C@H]3COC(=O)[C@H]23)OCO4)cc(OC)c1O. The molecule has 2 aromatic carbocycles. The number of phenols is 1. The van der Waals surface area contributed by atoms with Crippen molar-refractivity contribution in [2.24, 2.45) is 17.8 Å². The maximum absolute atomic E-state index is 13.7. The van der Waals surface area contributed by atoms with Crippen LogP contribution in [0.4, 0.5) is 0 Å². The number of esters is 1. The van der Waals surface area contributed by atoms with Crippen molar-refractivity contribution in [1.29, 1.82) is 0 Å². The maximum atomic E-state index is 13.7. The minimum Gasteiger partial charge on any atom is -0.502 e. The molecule has 49 heavy (non-hydrogen) atoms. The number of cyclic esters (lactones) is 1. The number of hydrogen-bond acceptors (Lipinski definition) is 13. The van der Waals surface area contributed by atoms with Gasteiger partial charge in [-0.3, -0.25) is 9.69 Å². The number of phenolic OH excluding ortho intramolecular Hbond substituents is 1. The van der Waals surface area contributed by atoms with Crippen molar-refractivity contribution in [3.05, 3.63) is 53.1 Å². The van der Waals surface area contributed by atoms with Crippen molar-refractivity contribution in [1.82, 2.24) is 4.90 Å². The lowest BCUT2D eigenvalue weighted by molar-refractivity contribution is -0.364. The lowest BCUT2D eigenvalue weighted by Crippen LogP contribution is -2.67. The summed E-state index contributed by atoms with van der Waals surface area (Å²) >= 11 is 0. The Morgan fingerprint density at radius 2 is 1.65 bits per heavy atom. The number of carbonyl (C=O) groups excluding carboxylic acids is 1. The molecular formula is C36H43NO12. The first-order chi connectivity index (χ1) is 23.8. The van der Waals surface area contributed by atoms with Crippen molar-refractivity contribution in [3.8, 4) is 28.7 Å². The number of fused-ring (bicyclic) bond motifs is 4. The van der Waals surface area contributed by atoms with Crippen LogP contribution in [0.2, 0.25) is 0 Å². The van der Waals surface area contributed by atoms with Crippen LogP contribution >= 0.6 is 0 Å². The number of aromatic hydroxyl groups is 1. The van der Waals surface area contributed by atoms with E-state index in [0.29, 0.717) is 17.1 Å². The molecule has 2 N–H and O–H groups in total. The molecule has 2 aromatic rings. The molecule has 2 aliphatic carbocycles. The van der Waals surface area contributed by atoms with Gasteiger partial charge >= 0.3 is 5.97 Å². The molecule has 13 heteroatoms. The molecule has 4 heterocycles. The Balaban J connectivity index is 1.16. The van der Waals surface area contributed by atoms with Gasteiger partial charge in [-0.05, 0) is 74.3 Å². The normalized spacial score (nSPS) is 36.1. The number of ether oxygens (including phenoxy) is 9. The van der Waals surface area contributed by atoms with Crippen molar-refractivity contribution in [3.63, 3.8) is 0 Å². The molecule has 8 rings (SSSR count). The predicted molar refractivity (Wildman–Crippen MR) is 171 cm³/mol. The van der Waals surface area contributed by atoms with Gasteiger partial charge in [-0.15, -0.1) is 0 Å². The standard InChI is InChI=1S/C36H43NO12/c1-37(2)29-31(39)33-26(15-44-35(49-33)17-8-6-5-7-9-17)47-36(29)48-32-20-13-23-22(45-16-46-23)12-19(20)27(28-21(32)14-43-34(28)40)18-10-24(41-3)30(38)25(11-18)42-4/h5-6,10-13,17,21,26-29,31-33,35-36,38-39H,7-9,14-16H2,1-4H3/t17?,21-,26+,27+,28-,29+,31+,32+,33+,35?,36-/m0/s1. The quantitative estimate of drug-likeness (QED) is 0.326. The lowest BCUT2D eigenvalue weighted by atomic mass is 9.66. The molecule has 11 atom stereocenters. The van der Waals surface area contributed by atoms with Gasteiger partial charge in [0.2, 0.25) is 12.5 Å². The second-order valence-corrected chi connectivity index (χ2v) is 13.8. The lowest BCUT2D eigenvalue weighted by Gasteiger charge is -2.51. The average molecular weight is 682 g/mol. The highest BCUT2D eigenvalue weighted by Gasteiger charge is 2.57. The molecule has 3 fully saturated rings. The molecule has 0 aromatic heterocycles. The Kier molecular flexibility index (Phi) is 8.61. The number of aliphatic hydroxyl groups is 1. The summed E-state index contributed by atoms with van der Waals surface area (Å²) in [5.41, 5.74) is 2.24. The van der Waals surface area contributed by atoms with Crippen molar-refractivity contribution < 1.29 is 57.6 Å². The molecule has 0 bridgehead atoms. The second kappa shape index (κ2) is 12.9. The molecule has 0 amide bonds. The van der Waals surface area contributed by atoms with Gasteiger partial charge in [-0.2, -0.15) is 0 Å². The number of benzene rings is 2. The van der Waals surface area contributed by atoms with E-state index in [1.165, 1.54) is 14.2 Å². The van der Waals surface area contributed by atoms with Gasteiger partial charge in [0.15, 0.2) is 35.6 Å². The summed E-state index contributed by atoms with van der Waals surface area (Å²) in [5, 5.41) is 22.6. The van der Waals surface area contributed by atoms with Gasteiger partial charge in [0, 0.05) is 17.8 Å². The fourth-order valence-electron chi connectivity index (χ4n) is 8.49. The zero-order valence-corrected chi connectivity index (χ0v) is 28.0. The number of nitrogens with zero attached hydrogens (tertiary/aromatic N) is 1. The summed E-state index contributed by atoms with van der Waals surface area (Å²) in [6.45, 7) is 0.432. The van der Waals surface area contributed by atoms with Gasteiger partial charge < -0.3 is 52.8 Å². The number of carbonyl (C=O) groups is 1. The summed E-state index contributed by atoms with van der Waals surface area (Å²) in [7, 11) is 6.66. The van der Waals surface area contributed by atoms with Crippen LogP contribution in [0, 0.1) is 17.8 Å². The molecule has 2 unspecified atom stereocenters. The van der Waals surface area contributed by atoms with Gasteiger partial charge in [0.05, 0.1) is 45.5 Å². The fraction of sp³-hybridized carbons (Fsp3) is 0.583. The van der Waals surface area contributed by atoms with E-state index < -0.39 is 60.8 Å². The highest BCUT2D eigenvalue weighted by molar-refractivity contribution is 5.79. The second-order valence-electron chi connectivity index (χ2n) is 13.8. The highest BCUT2D eigenvalue weighted by atomic mass is 16.8. The Bertz CT molecular complexity index is 1590. The molecule has 0 radical (unpaired) electrons. The first kappa shape index (κ1) is 32.6. The van der Waals surface area contributed by atoms with E-state index in [0.717, 1.165) is 30.4 Å². The molecular weight excluding hydrogens is 638 g/mol. The summed E-state index contributed by atoms with van der Waals surface area (Å²) in [6.07, 6.45) is 3.04. The van der Waals surface area contributed by atoms with Crippen molar-refractivity contribution in [2.75, 3.05) is 48.3 Å². The minimum atomic E-state index is -0.939. The predicted octanol–water partition coefficient (Wildman–Crippen LogP) is 3.24. The molecule has 3 saturated heterocycles. The summed E-state index contributed by atoms with van der Waals surface area (Å²) < 4.78 is 54.5. The summed E-state index contributed by atoms with van der Waals surface area (Å²) in [5.74, 6) is -0.380. The average Bonchev–Trinajstić information content (AvgIpc) is 3.74. The van der Waals surface area contributed by atoms with E-state index in [9.17, 15) is 15.0 Å². The van der Waals surface area contributed by atoms with Gasteiger partial charge in [0.25, 0.3) is 0 Å². The number of rotatable bonds is 7. The zero-order valence-electron chi connectivity index (χ0n) is 28.0. The molecule has 4 aliphatic heterocycles. The third-order valence-electron chi connectivity index (χ3n) is 10.9. The van der Waals surface area contributed by atoms with Crippen LogP contribution in [0.3, 0.4) is 0 Å². The number of allylic oxidation sites excluding steroid dienone is 2. The van der Waals surface area contributed by atoms with Crippen LogP contribution in [0.15, 0.2) is 36.4 Å². The van der Waals surface area contributed by atoms with E-state index in [-0.39, 0.29) is 49.1 Å². The Morgan fingerprint density at radius 1 is 0.918 bits per heavy atom. The Labute approximate surface area is 284 Å². The third-order valence-corrected chi connectivity index (χ3v) is 10.9. The minimum absolute atomic E-state index is 0.0615. The molecule has 13 nitrogen and oxygen atoms in total. The Hall–Kier alpha value is -3.59. The van der Waals surface area contributed by atoms with Crippen molar-refractivity contribution in [2.45, 2.75) is 68.2 Å². The fourth-order valence-corrected chi connectivity index (χ4v) is 8.49. The van der Waals surface area contributed by atoms with Crippen LogP contribution in [0.5, 0.6) is 28.7 Å². The molecule has 0 spiro atoms. The molecule has 264 valence electrons. The summed E-state index contributed by atoms with van der Waals surface area (Å²) in [6, 6.07) is 6.61.